The number of amides is 1. The number of ether oxygens (including phenoxy) is 1. The molecule has 2 aromatic carbocycles. The molecule has 0 heterocycles. The van der Waals surface area contributed by atoms with Crippen LogP contribution in [0.1, 0.15) is 37.4 Å². The molecule has 1 aliphatic carbocycles. The topological polar surface area (TPSA) is 58.6 Å². The van der Waals surface area contributed by atoms with Crippen LogP contribution in [0.25, 0.3) is 0 Å². The summed E-state index contributed by atoms with van der Waals surface area (Å²) < 4.78 is 5.95. The van der Waals surface area contributed by atoms with Crippen molar-refractivity contribution in [3.8, 4) is 5.75 Å². The number of aliphatic hydroxyl groups excluding tert-OH is 1. The zero-order valence-electron chi connectivity index (χ0n) is 13.6. The van der Waals surface area contributed by atoms with E-state index < -0.39 is 12.2 Å². The van der Waals surface area contributed by atoms with Gasteiger partial charge >= 0.3 is 0 Å². The number of carbonyl (C=O) groups excluding carboxylic acids is 1. The van der Waals surface area contributed by atoms with Crippen LogP contribution in [-0.4, -0.2) is 23.2 Å². The van der Waals surface area contributed by atoms with Gasteiger partial charge in [0.2, 0.25) is 6.10 Å². The van der Waals surface area contributed by atoms with Crippen LogP contribution in [0.5, 0.6) is 5.75 Å². The number of nitrogens with one attached hydrogen (secondary N) is 1. The van der Waals surface area contributed by atoms with Crippen LogP contribution >= 0.6 is 0 Å². The summed E-state index contributed by atoms with van der Waals surface area (Å²) in [5.74, 6) is 0.432. The van der Waals surface area contributed by atoms with Crippen LogP contribution in [0.15, 0.2) is 60.7 Å². The van der Waals surface area contributed by atoms with Crippen LogP contribution in [0, 0.1) is 0 Å². The number of benzene rings is 2. The van der Waals surface area contributed by atoms with Crippen molar-refractivity contribution in [1.29, 1.82) is 0 Å². The van der Waals surface area contributed by atoms with E-state index in [0.717, 1.165) is 31.2 Å². The molecule has 4 heteroatoms. The Morgan fingerprint density at radius 1 is 1.00 bits per heavy atom. The Balaban J connectivity index is 1.77. The largest absolute Gasteiger partial charge is 0.476 e. The van der Waals surface area contributed by atoms with Crippen molar-refractivity contribution in [1.82, 2.24) is 5.32 Å². The maximum atomic E-state index is 12.8. The summed E-state index contributed by atoms with van der Waals surface area (Å²) in [7, 11) is 0. The molecule has 0 aromatic heterocycles. The van der Waals surface area contributed by atoms with Crippen LogP contribution in [0.3, 0.4) is 0 Å². The Labute approximate surface area is 142 Å². The van der Waals surface area contributed by atoms with Crippen molar-refractivity contribution in [2.75, 3.05) is 0 Å². The lowest BCUT2D eigenvalue weighted by Crippen LogP contribution is -2.47. The van der Waals surface area contributed by atoms with Gasteiger partial charge in [0.25, 0.3) is 5.91 Å². The number of para-hydroxylation sites is 1. The van der Waals surface area contributed by atoms with Gasteiger partial charge in [-0.3, -0.25) is 4.79 Å². The maximum Gasteiger partial charge on any atom is 0.266 e. The third-order valence-corrected chi connectivity index (χ3v) is 4.39. The highest BCUT2D eigenvalue weighted by atomic mass is 16.5. The molecule has 1 fully saturated rings. The standard InChI is InChI=1S/C20H23NO3/c22-18-14-8-7-13-17(18)21-20(23)19(15-9-3-1-4-10-15)24-16-11-5-2-6-12-16/h1-6,9-12,17-19,22H,7-8,13-14H2,(H,21,23). The minimum atomic E-state index is -0.734. The van der Waals surface area contributed by atoms with Gasteiger partial charge < -0.3 is 15.2 Å². The third kappa shape index (κ3) is 4.15. The van der Waals surface area contributed by atoms with E-state index >= 15 is 0 Å². The van der Waals surface area contributed by atoms with Crippen LogP contribution in [0.2, 0.25) is 0 Å². The van der Waals surface area contributed by atoms with E-state index in [1.54, 1.807) is 0 Å². The van der Waals surface area contributed by atoms with E-state index in [-0.39, 0.29) is 11.9 Å². The second-order valence-electron chi connectivity index (χ2n) is 6.19. The lowest BCUT2D eigenvalue weighted by atomic mass is 9.92. The smallest absolute Gasteiger partial charge is 0.266 e. The van der Waals surface area contributed by atoms with Crippen molar-refractivity contribution < 1.29 is 14.6 Å². The fourth-order valence-electron chi connectivity index (χ4n) is 3.07. The van der Waals surface area contributed by atoms with E-state index in [1.165, 1.54) is 0 Å². The molecular weight excluding hydrogens is 302 g/mol. The molecule has 0 aliphatic heterocycles. The van der Waals surface area contributed by atoms with E-state index in [4.69, 9.17) is 4.74 Å². The van der Waals surface area contributed by atoms with Gasteiger partial charge in [0.15, 0.2) is 0 Å². The zero-order chi connectivity index (χ0) is 16.8. The van der Waals surface area contributed by atoms with Crippen LogP contribution < -0.4 is 10.1 Å². The first-order valence-electron chi connectivity index (χ1n) is 8.49. The molecule has 3 rings (SSSR count). The van der Waals surface area contributed by atoms with E-state index in [9.17, 15) is 9.90 Å². The first-order chi connectivity index (χ1) is 11.7. The quantitative estimate of drug-likeness (QED) is 0.887. The normalized spacial score (nSPS) is 21.7. The molecule has 1 amide bonds. The average Bonchev–Trinajstić information content (AvgIpc) is 2.63. The predicted molar refractivity (Wildman–Crippen MR) is 92.7 cm³/mol. The molecule has 0 spiro atoms. The van der Waals surface area contributed by atoms with Gasteiger partial charge in [-0.2, -0.15) is 0 Å². The zero-order valence-corrected chi connectivity index (χ0v) is 13.6. The first-order valence-corrected chi connectivity index (χ1v) is 8.49. The summed E-state index contributed by atoms with van der Waals surface area (Å²) in [4.78, 5) is 12.8. The number of hydrogen-bond acceptors (Lipinski definition) is 3. The maximum absolute atomic E-state index is 12.8. The van der Waals surface area contributed by atoms with Gasteiger partial charge in [-0.15, -0.1) is 0 Å². The Morgan fingerprint density at radius 3 is 2.29 bits per heavy atom. The van der Waals surface area contributed by atoms with Crippen molar-refractivity contribution in [2.24, 2.45) is 0 Å². The van der Waals surface area contributed by atoms with Gasteiger partial charge in [-0.05, 0) is 25.0 Å². The van der Waals surface area contributed by atoms with Gasteiger partial charge in [0, 0.05) is 5.56 Å². The molecule has 24 heavy (non-hydrogen) atoms. The Bertz CT molecular complexity index is 644. The molecule has 2 aromatic rings. The third-order valence-electron chi connectivity index (χ3n) is 4.39. The minimum Gasteiger partial charge on any atom is -0.476 e. The highest BCUT2D eigenvalue weighted by molar-refractivity contribution is 5.83. The second-order valence-corrected chi connectivity index (χ2v) is 6.19. The Kier molecular flexibility index (Phi) is 5.49. The van der Waals surface area contributed by atoms with Gasteiger partial charge in [0.05, 0.1) is 12.1 Å². The van der Waals surface area contributed by atoms with Crippen molar-refractivity contribution in [3.05, 3.63) is 66.2 Å². The summed E-state index contributed by atoms with van der Waals surface area (Å²) in [5, 5.41) is 13.1. The molecule has 2 N–H and O–H groups in total. The molecule has 0 bridgehead atoms. The number of aliphatic hydroxyl groups is 1. The lowest BCUT2D eigenvalue weighted by molar-refractivity contribution is -0.130. The average molecular weight is 325 g/mol. The fourth-order valence-corrected chi connectivity index (χ4v) is 3.07. The van der Waals surface area contributed by atoms with Crippen molar-refractivity contribution >= 4 is 5.91 Å². The van der Waals surface area contributed by atoms with Gasteiger partial charge in [-0.25, -0.2) is 0 Å². The van der Waals surface area contributed by atoms with Crippen LogP contribution in [-0.2, 0) is 4.79 Å². The summed E-state index contributed by atoms with van der Waals surface area (Å²) in [5.41, 5.74) is 0.796. The summed E-state index contributed by atoms with van der Waals surface area (Å²) in [6.07, 6.45) is 2.37. The number of carbonyl (C=O) groups is 1. The van der Waals surface area contributed by atoms with Crippen molar-refractivity contribution in [3.63, 3.8) is 0 Å². The highest BCUT2D eigenvalue weighted by Gasteiger charge is 2.29. The summed E-state index contributed by atoms with van der Waals surface area (Å²) in [6.45, 7) is 0. The Hall–Kier alpha value is -2.33. The second kappa shape index (κ2) is 7.97. The molecule has 126 valence electrons. The highest BCUT2D eigenvalue weighted by Crippen LogP contribution is 2.24. The minimum absolute atomic E-state index is 0.197. The van der Waals surface area contributed by atoms with Gasteiger partial charge in [-0.1, -0.05) is 61.4 Å². The number of rotatable bonds is 5. The molecule has 0 radical (unpaired) electrons. The summed E-state index contributed by atoms with van der Waals surface area (Å²) >= 11 is 0. The van der Waals surface area contributed by atoms with Crippen LogP contribution in [0.4, 0.5) is 0 Å². The monoisotopic (exact) mass is 325 g/mol. The molecule has 3 atom stereocenters. The lowest BCUT2D eigenvalue weighted by Gasteiger charge is -2.30. The van der Waals surface area contributed by atoms with E-state index in [0.29, 0.717) is 5.75 Å². The molecule has 3 unspecified atom stereocenters. The SMILES string of the molecule is O=C(NC1CCCCC1O)C(Oc1ccccc1)c1ccccc1. The fraction of sp³-hybridized carbons (Fsp3) is 0.350. The van der Waals surface area contributed by atoms with Gasteiger partial charge in [0.1, 0.15) is 5.75 Å². The molecule has 1 aliphatic rings. The molecule has 4 nitrogen and oxygen atoms in total. The number of hydrogen-bond donors (Lipinski definition) is 2. The first kappa shape index (κ1) is 16.5. The van der Waals surface area contributed by atoms with Crippen molar-refractivity contribution in [2.45, 2.75) is 43.9 Å². The van der Waals surface area contributed by atoms with E-state index in [2.05, 4.69) is 5.32 Å². The predicted octanol–water partition coefficient (Wildman–Crippen LogP) is 3.23. The van der Waals surface area contributed by atoms with E-state index in [1.807, 2.05) is 60.7 Å². The molecular formula is C20H23NO3. The molecule has 0 saturated heterocycles. The Morgan fingerprint density at radius 2 is 1.62 bits per heavy atom. The molecule has 1 saturated carbocycles. The summed E-state index contributed by atoms with van der Waals surface area (Å²) in [6, 6.07) is 18.6.